The number of methoxy groups -OCH3 is 1. The molecule has 0 unspecified atom stereocenters. The van der Waals surface area contributed by atoms with Crippen molar-refractivity contribution in [1.29, 1.82) is 0 Å². The van der Waals surface area contributed by atoms with Crippen LogP contribution in [0.4, 0.5) is 18.9 Å². The molecule has 0 saturated carbocycles. The Kier molecular flexibility index (Phi) is 6.08. The Hall–Kier alpha value is -4.17. The Labute approximate surface area is 195 Å². The molecular formula is C21H16F3N5O5S. The Morgan fingerprint density at radius 3 is 2.60 bits per heavy atom. The number of pyridine rings is 1. The SMILES string of the molecule is COc1ncc(CO)cc1S(=O)(=O)Nc1ccc(F)c(-c2ccc3c(C(N)=O)[nH]nc3c2F)c1F. The molecule has 0 spiro atoms. The predicted octanol–water partition coefficient (Wildman–Crippen LogP) is 2.44. The van der Waals surface area contributed by atoms with Crippen LogP contribution in [0.3, 0.4) is 0 Å². The monoisotopic (exact) mass is 507 g/mol. The molecule has 0 aliphatic carbocycles. The van der Waals surface area contributed by atoms with Crippen molar-refractivity contribution >= 4 is 32.5 Å². The van der Waals surface area contributed by atoms with Gasteiger partial charge in [-0.15, -0.1) is 0 Å². The van der Waals surface area contributed by atoms with Gasteiger partial charge in [0.05, 0.1) is 25.0 Å². The summed E-state index contributed by atoms with van der Waals surface area (Å²) in [7, 11) is -3.39. The highest BCUT2D eigenvalue weighted by molar-refractivity contribution is 7.92. The maximum Gasteiger partial charge on any atom is 0.267 e. The molecule has 4 aromatic rings. The second kappa shape index (κ2) is 8.88. The van der Waals surface area contributed by atoms with Crippen LogP contribution in [0.15, 0.2) is 41.4 Å². The molecule has 35 heavy (non-hydrogen) atoms. The van der Waals surface area contributed by atoms with Gasteiger partial charge >= 0.3 is 0 Å². The molecule has 14 heteroatoms. The van der Waals surface area contributed by atoms with Gasteiger partial charge in [-0.1, -0.05) is 6.07 Å². The second-order valence-corrected chi connectivity index (χ2v) is 8.84. The number of anilines is 1. The van der Waals surface area contributed by atoms with E-state index < -0.39 is 67.2 Å². The van der Waals surface area contributed by atoms with E-state index in [0.717, 1.165) is 31.4 Å². The summed E-state index contributed by atoms with van der Waals surface area (Å²) in [6.45, 7) is -0.527. The number of nitrogens with two attached hydrogens (primary N) is 1. The summed E-state index contributed by atoms with van der Waals surface area (Å²) in [5, 5.41) is 15.2. The number of halogens is 3. The number of sulfonamides is 1. The highest BCUT2D eigenvalue weighted by Gasteiger charge is 2.27. The zero-order valence-electron chi connectivity index (χ0n) is 17.8. The Morgan fingerprint density at radius 2 is 1.94 bits per heavy atom. The first-order valence-electron chi connectivity index (χ1n) is 9.70. The van der Waals surface area contributed by atoms with Gasteiger partial charge in [-0.3, -0.25) is 14.6 Å². The maximum atomic E-state index is 15.4. The average molecular weight is 507 g/mol. The minimum absolute atomic E-state index is 0.000200. The summed E-state index contributed by atoms with van der Waals surface area (Å²) in [6.07, 6.45) is 1.19. The van der Waals surface area contributed by atoms with E-state index in [-0.39, 0.29) is 22.5 Å². The van der Waals surface area contributed by atoms with Crippen molar-refractivity contribution in [3.63, 3.8) is 0 Å². The fourth-order valence-electron chi connectivity index (χ4n) is 3.41. The lowest BCUT2D eigenvalue weighted by Gasteiger charge is -2.14. The number of H-pyrrole nitrogens is 1. The number of aromatic nitrogens is 3. The van der Waals surface area contributed by atoms with Gasteiger partial charge in [0.15, 0.2) is 11.6 Å². The number of benzene rings is 2. The Bertz CT molecular complexity index is 1590. The van der Waals surface area contributed by atoms with E-state index in [1.54, 1.807) is 0 Å². The number of nitrogens with zero attached hydrogens (tertiary/aromatic N) is 2. The van der Waals surface area contributed by atoms with Gasteiger partial charge < -0.3 is 15.6 Å². The number of amides is 1. The van der Waals surface area contributed by atoms with E-state index in [1.807, 2.05) is 4.72 Å². The van der Waals surface area contributed by atoms with Crippen LogP contribution in [0, 0.1) is 17.5 Å². The first-order valence-corrected chi connectivity index (χ1v) is 11.2. The minimum atomic E-state index is -4.55. The lowest BCUT2D eigenvalue weighted by atomic mass is 10.0. The van der Waals surface area contributed by atoms with Crippen molar-refractivity contribution in [2.45, 2.75) is 11.5 Å². The summed E-state index contributed by atoms with van der Waals surface area (Å²) in [5.41, 5.74) is 2.60. The number of aliphatic hydroxyl groups is 1. The van der Waals surface area contributed by atoms with Crippen molar-refractivity contribution in [2.24, 2.45) is 5.73 Å². The lowest BCUT2D eigenvalue weighted by molar-refractivity contribution is 0.0997. The van der Waals surface area contributed by atoms with Crippen LogP contribution in [0.1, 0.15) is 16.1 Å². The highest BCUT2D eigenvalue weighted by atomic mass is 32.2. The number of carbonyl (C=O) groups excluding carboxylic acids is 1. The minimum Gasteiger partial charge on any atom is -0.480 e. The number of ether oxygens (including phenoxy) is 1. The van der Waals surface area contributed by atoms with E-state index in [4.69, 9.17) is 10.5 Å². The molecule has 0 fully saturated rings. The molecule has 10 nitrogen and oxygen atoms in total. The molecule has 0 aliphatic rings. The number of fused-ring (bicyclic) bond motifs is 1. The topological polar surface area (TPSA) is 160 Å². The van der Waals surface area contributed by atoms with Crippen LogP contribution in [0.25, 0.3) is 22.0 Å². The van der Waals surface area contributed by atoms with Gasteiger partial charge in [0.25, 0.3) is 15.9 Å². The van der Waals surface area contributed by atoms with Gasteiger partial charge in [-0.2, -0.15) is 5.10 Å². The maximum absolute atomic E-state index is 15.4. The standard InChI is InChI=1S/C21H16F3N5O5S/c1-34-21-14(6-9(8-30)7-26-21)35(32,33)29-13-5-4-12(22)15(17(13)24)10-2-3-11-18(16(10)23)27-28-19(11)20(25)31/h2-7,29-30H,8H2,1H3,(H2,25,31)(H,27,28). The number of aromatic amines is 1. The van der Waals surface area contributed by atoms with Gasteiger partial charge in [0.2, 0.25) is 5.88 Å². The van der Waals surface area contributed by atoms with Crippen LogP contribution >= 0.6 is 0 Å². The molecule has 2 heterocycles. The van der Waals surface area contributed by atoms with Crippen LogP contribution in [0.5, 0.6) is 5.88 Å². The van der Waals surface area contributed by atoms with Crippen molar-refractivity contribution < 1.29 is 36.2 Å². The molecule has 0 aliphatic heterocycles. The zero-order valence-corrected chi connectivity index (χ0v) is 18.6. The van der Waals surface area contributed by atoms with Crippen molar-refractivity contribution in [3.05, 3.63) is 65.2 Å². The van der Waals surface area contributed by atoms with Crippen LogP contribution in [-0.2, 0) is 16.6 Å². The number of hydrogen-bond donors (Lipinski definition) is 4. The highest BCUT2D eigenvalue weighted by Crippen LogP contribution is 2.36. The first kappa shape index (κ1) is 24.0. The summed E-state index contributed by atoms with van der Waals surface area (Å²) < 4.78 is 78.0. The number of rotatable bonds is 7. The molecule has 182 valence electrons. The first-order chi connectivity index (χ1) is 16.6. The van der Waals surface area contributed by atoms with E-state index in [0.29, 0.717) is 0 Å². The molecule has 0 atom stereocenters. The molecule has 0 bridgehead atoms. The molecular weight excluding hydrogens is 491 g/mol. The fourth-order valence-corrected chi connectivity index (χ4v) is 4.64. The van der Waals surface area contributed by atoms with Gasteiger partial charge in [-0.05, 0) is 29.8 Å². The number of nitrogens with one attached hydrogen (secondary N) is 2. The summed E-state index contributed by atoms with van der Waals surface area (Å²) in [6, 6.07) is 4.84. The number of aliphatic hydroxyl groups excluding tert-OH is 1. The van der Waals surface area contributed by atoms with Crippen LogP contribution in [-0.4, -0.2) is 41.7 Å². The normalized spacial score (nSPS) is 11.6. The van der Waals surface area contributed by atoms with Crippen LogP contribution < -0.4 is 15.2 Å². The zero-order chi connectivity index (χ0) is 25.5. The van der Waals surface area contributed by atoms with Gasteiger partial charge in [-0.25, -0.2) is 26.6 Å². The third-order valence-electron chi connectivity index (χ3n) is 5.06. The lowest BCUT2D eigenvalue weighted by Crippen LogP contribution is -2.16. The summed E-state index contributed by atoms with van der Waals surface area (Å²) in [4.78, 5) is 14.7. The van der Waals surface area contributed by atoms with E-state index in [9.17, 15) is 22.7 Å². The van der Waals surface area contributed by atoms with Crippen molar-refractivity contribution in [3.8, 4) is 17.0 Å². The van der Waals surface area contributed by atoms with Crippen molar-refractivity contribution in [1.82, 2.24) is 15.2 Å². The number of carbonyl (C=O) groups is 1. The van der Waals surface area contributed by atoms with E-state index in [2.05, 4.69) is 15.2 Å². The van der Waals surface area contributed by atoms with Gasteiger partial charge in [0, 0.05) is 17.1 Å². The molecule has 5 N–H and O–H groups in total. The third-order valence-corrected chi connectivity index (χ3v) is 6.42. The number of hydrogen-bond acceptors (Lipinski definition) is 7. The predicted molar refractivity (Wildman–Crippen MR) is 117 cm³/mol. The average Bonchev–Trinajstić information content (AvgIpc) is 3.27. The Balaban J connectivity index is 1.83. The molecule has 0 radical (unpaired) electrons. The summed E-state index contributed by atoms with van der Waals surface area (Å²) >= 11 is 0. The smallest absolute Gasteiger partial charge is 0.267 e. The van der Waals surface area contributed by atoms with Gasteiger partial charge in [0.1, 0.15) is 21.9 Å². The van der Waals surface area contributed by atoms with Crippen molar-refractivity contribution in [2.75, 3.05) is 11.8 Å². The van der Waals surface area contributed by atoms with E-state index >= 15 is 8.78 Å². The fraction of sp³-hybridized carbons (Fsp3) is 0.0952. The molecule has 2 aromatic carbocycles. The van der Waals surface area contributed by atoms with Crippen LogP contribution in [0.2, 0.25) is 0 Å². The van der Waals surface area contributed by atoms with E-state index in [1.165, 1.54) is 12.3 Å². The molecule has 0 saturated heterocycles. The third kappa shape index (κ3) is 4.13. The molecule has 2 aromatic heterocycles. The summed E-state index contributed by atoms with van der Waals surface area (Å²) in [5.74, 6) is -5.01. The second-order valence-electron chi connectivity index (χ2n) is 7.18. The number of primary amides is 1. The molecule has 4 rings (SSSR count). The quantitative estimate of drug-likeness (QED) is 0.299. The Morgan fingerprint density at radius 1 is 1.20 bits per heavy atom. The largest absolute Gasteiger partial charge is 0.480 e. The molecule has 1 amide bonds.